The summed E-state index contributed by atoms with van der Waals surface area (Å²) in [5, 5.41) is -0.288. The Labute approximate surface area is 184 Å². The van der Waals surface area contributed by atoms with Gasteiger partial charge in [0.15, 0.2) is 17.9 Å². The molecule has 0 aliphatic carbocycles. The number of carbonyl (C=O) groups excluding carboxylic acids is 1. The lowest BCUT2D eigenvalue weighted by Crippen LogP contribution is -2.14. The predicted molar refractivity (Wildman–Crippen MR) is 117 cm³/mol. The topological polar surface area (TPSA) is 61.5 Å². The molecule has 0 aliphatic heterocycles. The summed E-state index contributed by atoms with van der Waals surface area (Å²) in [4.78, 5) is 11.6. The third-order valence-corrected chi connectivity index (χ3v) is 5.35. The van der Waals surface area contributed by atoms with Gasteiger partial charge in [-0.25, -0.2) is 8.78 Å². The van der Waals surface area contributed by atoms with Gasteiger partial charge in [-0.05, 0) is 35.4 Å². The minimum atomic E-state index is -0.803. The molecule has 0 aliphatic rings. The first-order chi connectivity index (χ1) is 15.0. The highest BCUT2D eigenvalue weighted by Crippen LogP contribution is 2.40. The summed E-state index contributed by atoms with van der Waals surface area (Å²) in [5.41, 5.74) is 7.33. The van der Waals surface area contributed by atoms with Crippen molar-refractivity contribution < 1.29 is 23.0 Å². The lowest BCUT2D eigenvalue weighted by molar-refractivity contribution is 0.112. The van der Waals surface area contributed by atoms with Crippen LogP contribution < -0.4 is 10.5 Å². The molecule has 1 unspecified atom stereocenters. The van der Waals surface area contributed by atoms with Gasteiger partial charge >= 0.3 is 0 Å². The predicted octanol–water partition coefficient (Wildman–Crippen LogP) is 5.21. The molecule has 1 atom stereocenters. The first-order valence-corrected chi connectivity index (χ1v) is 10.0. The third kappa shape index (κ3) is 4.93. The molecule has 0 saturated heterocycles. The zero-order valence-electron chi connectivity index (χ0n) is 16.9. The van der Waals surface area contributed by atoms with Crippen LogP contribution in [0.15, 0.2) is 54.6 Å². The maximum absolute atomic E-state index is 15.4. The van der Waals surface area contributed by atoms with Crippen LogP contribution in [0.5, 0.6) is 5.75 Å². The van der Waals surface area contributed by atoms with Gasteiger partial charge in [0.25, 0.3) is 0 Å². The Morgan fingerprint density at radius 3 is 2.45 bits per heavy atom. The van der Waals surface area contributed by atoms with E-state index in [4.69, 9.17) is 26.8 Å². The highest BCUT2D eigenvalue weighted by molar-refractivity contribution is 6.33. The Morgan fingerprint density at radius 1 is 1.06 bits per heavy atom. The largest absolute Gasteiger partial charge is 0.488 e. The van der Waals surface area contributed by atoms with E-state index in [1.165, 1.54) is 25.3 Å². The normalized spacial score (nSPS) is 11.9. The molecule has 31 heavy (non-hydrogen) atoms. The van der Waals surface area contributed by atoms with Crippen molar-refractivity contribution in [3.63, 3.8) is 0 Å². The molecule has 0 amide bonds. The number of aldehydes is 1. The number of hydrogen-bond acceptors (Lipinski definition) is 4. The second-order valence-electron chi connectivity index (χ2n) is 6.86. The van der Waals surface area contributed by atoms with E-state index in [9.17, 15) is 9.18 Å². The third-order valence-electron chi connectivity index (χ3n) is 4.97. The Bertz CT molecular complexity index is 1060. The van der Waals surface area contributed by atoms with Crippen LogP contribution >= 0.6 is 11.6 Å². The smallest absolute Gasteiger partial charge is 0.173 e. The van der Waals surface area contributed by atoms with Gasteiger partial charge in [0.05, 0.1) is 11.6 Å². The van der Waals surface area contributed by atoms with Crippen molar-refractivity contribution in [2.45, 2.75) is 5.92 Å². The van der Waals surface area contributed by atoms with Crippen LogP contribution in [0.3, 0.4) is 0 Å². The minimum Gasteiger partial charge on any atom is -0.488 e. The Hall–Kier alpha value is -2.80. The Kier molecular flexibility index (Phi) is 7.74. The standard InChI is InChI=1S/C24H22ClF2NO3/c1-30-9-10-31-21-8-7-16(14-29)22(24(21)27)18-11-17(12-20(26)23(18)25)19(13-28)15-5-3-2-4-6-15/h2-8,11-12,14,19H,9-10,13,28H2,1H3. The van der Waals surface area contributed by atoms with Crippen LogP contribution in [0.4, 0.5) is 8.78 Å². The Morgan fingerprint density at radius 2 is 1.81 bits per heavy atom. The van der Waals surface area contributed by atoms with Crippen LogP contribution in [0.1, 0.15) is 27.4 Å². The van der Waals surface area contributed by atoms with E-state index in [-0.39, 0.29) is 53.1 Å². The van der Waals surface area contributed by atoms with Crippen LogP contribution in [0.25, 0.3) is 11.1 Å². The van der Waals surface area contributed by atoms with E-state index in [1.807, 2.05) is 30.3 Å². The van der Waals surface area contributed by atoms with Crippen molar-refractivity contribution in [2.75, 3.05) is 26.9 Å². The van der Waals surface area contributed by atoms with E-state index in [2.05, 4.69) is 0 Å². The van der Waals surface area contributed by atoms with Gasteiger partial charge in [-0.3, -0.25) is 4.79 Å². The van der Waals surface area contributed by atoms with Crippen LogP contribution in [-0.2, 0) is 4.74 Å². The van der Waals surface area contributed by atoms with Gasteiger partial charge in [-0.15, -0.1) is 0 Å². The minimum absolute atomic E-state index is 0.0269. The maximum Gasteiger partial charge on any atom is 0.173 e. The van der Waals surface area contributed by atoms with Crippen LogP contribution in [0.2, 0.25) is 5.02 Å². The van der Waals surface area contributed by atoms with E-state index in [0.29, 0.717) is 11.8 Å². The number of halogens is 3. The lowest BCUT2D eigenvalue weighted by atomic mass is 9.88. The van der Waals surface area contributed by atoms with E-state index in [1.54, 1.807) is 6.07 Å². The van der Waals surface area contributed by atoms with E-state index in [0.717, 1.165) is 5.56 Å². The molecular weight excluding hydrogens is 424 g/mol. The number of carbonyl (C=O) groups is 1. The summed E-state index contributed by atoms with van der Waals surface area (Å²) < 4.78 is 40.5. The van der Waals surface area contributed by atoms with E-state index >= 15 is 4.39 Å². The summed E-state index contributed by atoms with van der Waals surface area (Å²) in [6.45, 7) is 0.566. The number of nitrogens with two attached hydrogens (primary N) is 1. The fourth-order valence-corrected chi connectivity index (χ4v) is 3.64. The van der Waals surface area contributed by atoms with Crippen molar-refractivity contribution in [1.29, 1.82) is 0 Å². The molecule has 3 aromatic rings. The molecule has 4 nitrogen and oxygen atoms in total. The highest BCUT2D eigenvalue weighted by atomic mass is 35.5. The SMILES string of the molecule is COCCOc1ccc(C=O)c(-c2cc(C(CN)c3ccccc3)cc(F)c2Cl)c1F. The molecule has 3 aromatic carbocycles. The fraction of sp³-hybridized carbons (Fsp3) is 0.208. The van der Waals surface area contributed by atoms with Gasteiger partial charge < -0.3 is 15.2 Å². The van der Waals surface area contributed by atoms with Gasteiger partial charge in [-0.2, -0.15) is 0 Å². The number of hydrogen-bond donors (Lipinski definition) is 1. The second kappa shape index (κ2) is 10.5. The number of benzene rings is 3. The van der Waals surface area contributed by atoms with Gasteiger partial charge in [0.1, 0.15) is 12.4 Å². The molecule has 0 radical (unpaired) electrons. The van der Waals surface area contributed by atoms with Crippen LogP contribution in [-0.4, -0.2) is 33.2 Å². The average Bonchev–Trinajstić information content (AvgIpc) is 2.78. The van der Waals surface area contributed by atoms with Gasteiger partial charge in [-0.1, -0.05) is 41.9 Å². The fourth-order valence-electron chi connectivity index (χ4n) is 3.43. The summed E-state index contributed by atoms with van der Waals surface area (Å²) in [6, 6.07) is 15.0. The average molecular weight is 446 g/mol. The van der Waals surface area contributed by atoms with Crippen molar-refractivity contribution in [3.8, 4) is 16.9 Å². The zero-order valence-corrected chi connectivity index (χ0v) is 17.7. The molecular formula is C24H22ClF2NO3. The molecule has 0 fully saturated rings. The molecule has 7 heteroatoms. The monoisotopic (exact) mass is 445 g/mol. The number of rotatable bonds is 9. The number of ether oxygens (including phenoxy) is 2. The molecule has 0 heterocycles. The molecule has 162 valence electrons. The van der Waals surface area contributed by atoms with Crippen molar-refractivity contribution >= 4 is 17.9 Å². The summed E-state index contributed by atoms with van der Waals surface area (Å²) in [5.74, 6) is -1.96. The number of methoxy groups -OCH3 is 1. The zero-order chi connectivity index (χ0) is 22.4. The molecule has 3 rings (SSSR count). The summed E-state index contributed by atoms with van der Waals surface area (Å²) in [6.07, 6.45) is 0.496. The van der Waals surface area contributed by atoms with E-state index < -0.39 is 11.6 Å². The molecule has 0 spiro atoms. The van der Waals surface area contributed by atoms with Crippen LogP contribution in [0, 0.1) is 11.6 Å². The quantitative estimate of drug-likeness (QED) is 0.362. The molecule has 0 bridgehead atoms. The molecule has 2 N–H and O–H groups in total. The first kappa shape index (κ1) is 22.9. The molecule has 0 aromatic heterocycles. The summed E-state index contributed by atoms with van der Waals surface area (Å²) in [7, 11) is 1.50. The lowest BCUT2D eigenvalue weighted by Gasteiger charge is -2.19. The first-order valence-electron chi connectivity index (χ1n) is 9.65. The Balaban J connectivity index is 2.16. The summed E-state index contributed by atoms with van der Waals surface area (Å²) >= 11 is 6.22. The maximum atomic E-state index is 15.4. The van der Waals surface area contributed by atoms with Crippen molar-refractivity contribution in [3.05, 3.63) is 87.9 Å². The van der Waals surface area contributed by atoms with Gasteiger partial charge in [0.2, 0.25) is 0 Å². The van der Waals surface area contributed by atoms with Gasteiger partial charge in [0, 0.05) is 36.3 Å². The molecule has 0 saturated carbocycles. The van der Waals surface area contributed by atoms with Crippen molar-refractivity contribution in [2.24, 2.45) is 5.73 Å². The van der Waals surface area contributed by atoms with Crippen molar-refractivity contribution in [1.82, 2.24) is 0 Å². The second-order valence-corrected chi connectivity index (χ2v) is 7.24. The highest BCUT2D eigenvalue weighted by Gasteiger charge is 2.23.